The molecule has 2 N–H and O–H groups in total. The molecule has 0 aliphatic rings. The highest BCUT2D eigenvalue weighted by Crippen LogP contribution is 2.30. The highest BCUT2D eigenvalue weighted by Gasteiger charge is 2.08. The second kappa shape index (κ2) is 5.64. The Hall–Kier alpha value is -0.880. The molecule has 0 atom stereocenters. The molecule has 0 radical (unpaired) electrons. The lowest BCUT2D eigenvalue weighted by molar-refractivity contribution is 0.340. The van der Waals surface area contributed by atoms with E-state index in [4.69, 9.17) is 33.7 Å². The predicted molar refractivity (Wildman–Crippen MR) is 72.8 cm³/mol. The summed E-state index contributed by atoms with van der Waals surface area (Å²) in [6.07, 6.45) is 0. The first kappa shape index (κ1) is 14.2. The smallest absolute Gasteiger partial charge is 0.139 e. The van der Waals surface area contributed by atoms with E-state index < -0.39 is 5.54 Å². The Kier molecular flexibility index (Phi) is 4.70. The van der Waals surface area contributed by atoms with E-state index in [1.807, 2.05) is 20.8 Å². The molecular formula is C13H15Cl2NO. The van der Waals surface area contributed by atoms with Crippen molar-refractivity contribution in [3.63, 3.8) is 0 Å². The van der Waals surface area contributed by atoms with E-state index in [-0.39, 0.29) is 0 Å². The van der Waals surface area contributed by atoms with Crippen LogP contribution in [0.1, 0.15) is 26.3 Å². The number of ether oxygens (including phenoxy) is 1. The molecule has 0 saturated heterocycles. The minimum atomic E-state index is -0.561. The number of rotatable bonds is 2. The lowest BCUT2D eigenvalue weighted by Gasteiger charge is -2.09. The van der Waals surface area contributed by atoms with Gasteiger partial charge in [0.1, 0.15) is 5.75 Å². The van der Waals surface area contributed by atoms with Crippen LogP contribution >= 0.6 is 23.2 Å². The molecule has 0 aliphatic heterocycles. The summed E-state index contributed by atoms with van der Waals surface area (Å²) in [5.74, 6) is 6.38. The second-order valence-electron chi connectivity index (χ2n) is 4.17. The van der Waals surface area contributed by atoms with Gasteiger partial charge in [0.15, 0.2) is 0 Å². The number of benzene rings is 1. The molecule has 1 aromatic rings. The Morgan fingerprint density at radius 3 is 2.47 bits per heavy atom. The monoisotopic (exact) mass is 271 g/mol. The van der Waals surface area contributed by atoms with Crippen molar-refractivity contribution in [1.29, 1.82) is 0 Å². The van der Waals surface area contributed by atoms with E-state index in [0.717, 1.165) is 0 Å². The van der Waals surface area contributed by atoms with Gasteiger partial charge in [-0.1, -0.05) is 35.0 Å². The highest BCUT2D eigenvalue weighted by atomic mass is 35.5. The van der Waals surface area contributed by atoms with Crippen molar-refractivity contribution in [2.24, 2.45) is 5.73 Å². The molecular weight excluding hydrogens is 257 g/mol. The molecule has 0 saturated carbocycles. The first-order chi connectivity index (χ1) is 7.83. The van der Waals surface area contributed by atoms with Gasteiger partial charge in [0, 0.05) is 11.6 Å². The molecule has 0 aliphatic carbocycles. The van der Waals surface area contributed by atoms with Crippen LogP contribution in [0.25, 0.3) is 0 Å². The second-order valence-corrected chi connectivity index (χ2v) is 4.98. The minimum Gasteiger partial charge on any atom is -0.492 e. The summed E-state index contributed by atoms with van der Waals surface area (Å²) < 4.78 is 5.33. The molecule has 0 bridgehead atoms. The molecule has 1 rings (SSSR count). The van der Waals surface area contributed by atoms with Crippen LogP contribution in [0.4, 0.5) is 0 Å². The number of halogens is 2. The number of hydrogen-bond donors (Lipinski definition) is 1. The summed E-state index contributed by atoms with van der Waals surface area (Å²) in [6, 6.07) is 3.36. The normalized spacial score (nSPS) is 10.7. The number of hydrogen-bond acceptors (Lipinski definition) is 2. The maximum Gasteiger partial charge on any atom is 0.139 e. The first-order valence-corrected chi connectivity index (χ1v) is 6.03. The third-order valence-electron chi connectivity index (χ3n) is 1.84. The van der Waals surface area contributed by atoms with Crippen LogP contribution in [0.3, 0.4) is 0 Å². The summed E-state index contributed by atoms with van der Waals surface area (Å²) in [6.45, 7) is 6.07. The Morgan fingerprint density at radius 1 is 1.29 bits per heavy atom. The maximum absolute atomic E-state index is 6.08. The van der Waals surface area contributed by atoms with Crippen molar-refractivity contribution in [2.75, 3.05) is 6.61 Å². The minimum absolute atomic E-state index is 0.496. The van der Waals surface area contributed by atoms with Crippen LogP contribution in [0, 0.1) is 11.8 Å². The Balaban J connectivity index is 3.11. The van der Waals surface area contributed by atoms with Gasteiger partial charge < -0.3 is 10.5 Å². The lowest BCUT2D eigenvalue weighted by atomic mass is 10.1. The zero-order chi connectivity index (χ0) is 13.1. The molecule has 0 amide bonds. The van der Waals surface area contributed by atoms with Gasteiger partial charge in [-0.05, 0) is 26.8 Å². The summed E-state index contributed by atoms with van der Waals surface area (Å²) in [4.78, 5) is 0. The van der Waals surface area contributed by atoms with Crippen LogP contribution in [0.2, 0.25) is 10.0 Å². The van der Waals surface area contributed by atoms with Gasteiger partial charge in [0.25, 0.3) is 0 Å². The van der Waals surface area contributed by atoms with E-state index in [2.05, 4.69) is 11.8 Å². The molecule has 0 aromatic heterocycles. The zero-order valence-electron chi connectivity index (χ0n) is 10.1. The first-order valence-electron chi connectivity index (χ1n) is 5.27. The van der Waals surface area contributed by atoms with Crippen LogP contribution in [-0.2, 0) is 0 Å². The van der Waals surface area contributed by atoms with Gasteiger partial charge >= 0.3 is 0 Å². The molecule has 0 fully saturated rings. The van der Waals surface area contributed by atoms with Gasteiger partial charge in [0.05, 0.1) is 22.2 Å². The molecule has 0 heterocycles. The van der Waals surface area contributed by atoms with Crippen LogP contribution in [-0.4, -0.2) is 12.1 Å². The van der Waals surface area contributed by atoms with Crippen molar-refractivity contribution >= 4 is 23.2 Å². The van der Waals surface area contributed by atoms with E-state index in [9.17, 15) is 0 Å². The van der Waals surface area contributed by atoms with Crippen LogP contribution in [0.15, 0.2) is 12.1 Å². The highest BCUT2D eigenvalue weighted by molar-refractivity contribution is 6.35. The van der Waals surface area contributed by atoms with E-state index in [1.54, 1.807) is 12.1 Å². The van der Waals surface area contributed by atoms with Crippen molar-refractivity contribution in [1.82, 2.24) is 0 Å². The summed E-state index contributed by atoms with van der Waals surface area (Å²) >= 11 is 12.1. The fourth-order valence-corrected chi connectivity index (χ4v) is 1.54. The van der Waals surface area contributed by atoms with Gasteiger partial charge in [-0.2, -0.15) is 0 Å². The van der Waals surface area contributed by atoms with Gasteiger partial charge in [-0.25, -0.2) is 0 Å². The Labute approximate surface area is 112 Å². The maximum atomic E-state index is 6.08. The molecule has 17 heavy (non-hydrogen) atoms. The SMILES string of the molecule is CCOc1cc(Cl)c(C#CC(C)(C)N)cc1Cl. The summed E-state index contributed by atoms with van der Waals surface area (Å²) in [5.41, 5.74) is 5.87. The Bertz CT molecular complexity index is 467. The van der Waals surface area contributed by atoms with Crippen LogP contribution < -0.4 is 10.5 Å². The fourth-order valence-electron chi connectivity index (χ4n) is 1.12. The van der Waals surface area contributed by atoms with E-state index in [1.165, 1.54) is 0 Å². The predicted octanol–water partition coefficient (Wildman–Crippen LogP) is 3.48. The molecule has 2 nitrogen and oxygen atoms in total. The lowest BCUT2D eigenvalue weighted by Crippen LogP contribution is -2.29. The zero-order valence-corrected chi connectivity index (χ0v) is 11.6. The van der Waals surface area contributed by atoms with Gasteiger partial charge in [0.2, 0.25) is 0 Å². The van der Waals surface area contributed by atoms with Crippen molar-refractivity contribution < 1.29 is 4.74 Å². The van der Waals surface area contributed by atoms with Gasteiger partial charge in [-0.3, -0.25) is 0 Å². The molecule has 1 aromatic carbocycles. The summed E-state index contributed by atoms with van der Waals surface area (Å²) in [5, 5.41) is 1.00. The standard InChI is InChI=1S/C13H15Cl2NO/c1-4-17-12-8-10(14)9(7-11(12)15)5-6-13(2,3)16/h7-8H,4,16H2,1-3H3. The number of nitrogens with two attached hydrogens (primary N) is 1. The third-order valence-corrected chi connectivity index (χ3v) is 2.45. The molecule has 4 heteroatoms. The Morgan fingerprint density at radius 2 is 1.94 bits per heavy atom. The average molecular weight is 272 g/mol. The topological polar surface area (TPSA) is 35.2 Å². The van der Waals surface area contributed by atoms with Crippen LogP contribution in [0.5, 0.6) is 5.75 Å². The molecule has 0 spiro atoms. The average Bonchev–Trinajstić information content (AvgIpc) is 2.20. The largest absolute Gasteiger partial charge is 0.492 e. The van der Waals surface area contributed by atoms with E-state index >= 15 is 0 Å². The van der Waals surface area contributed by atoms with Gasteiger partial charge in [-0.15, -0.1) is 0 Å². The molecule has 92 valence electrons. The third kappa shape index (κ3) is 4.47. The molecule has 0 unspecified atom stereocenters. The van der Waals surface area contributed by atoms with E-state index in [0.29, 0.717) is 28.0 Å². The van der Waals surface area contributed by atoms with Crippen molar-refractivity contribution in [3.05, 3.63) is 27.7 Å². The quantitative estimate of drug-likeness (QED) is 0.836. The fraction of sp³-hybridized carbons (Fsp3) is 0.385. The summed E-state index contributed by atoms with van der Waals surface area (Å²) in [7, 11) is 0. The van der Waals surface area contributed by atoms with Crippen molar-refractivity contribution in [3.8, 4) is 17.6 Å². The van der Waals surface area contributed by atoms with Crippen molar-refractivity contribution in [2.45, 2.75) is 26.3 Å².